The second kappa shape index (κ2) is 7.22. The molecule has 1 aromatic carbocycles. The van der Waals surface area contributed by atoms with Gasteiger partial charge in [-0.05, 0) is 42.9 Å². The number of carbonyl (C=O) groups is 1. The van der Waals surface area contributed by atoms with Gasteiger partial charge in [-0.15, -0.1) is 21.5 Å². The first-order chi connectivity index (χ1) is 13.7. The second-order valence-electron chi connectivity index (χ2n) is 7.24. The number of H-pyrrole nitrogens is 1. The number of para-hydroxylation sites is 1. The van der Waals surface area contributed by atoms with E-state index < -0.39 is 0 Å². The summed E-state index contributed by atoms with van der Waals surface area (Å²) >= 11 is 3.04. The van der Waals surface area contributed by atoms with Gasteiger partial charge in [0.25, 0.3) is 11.1 Å². The molecule has 3 heterocycles. The Bertz CT molecular complexity index is 1160. The highest BCUT2D eigenvalue weighted by Gasteiger charge is 2.21. The third-order valence-electron chi connectivity index (χ3n) is 5.16. The van der Waals surface area contributed by atoms with Gasteiger partial charge in [0.15, 0.2) is 5.78 Å². The Morgan fingerprint density at radius 2 is 2.25 bits per heavy atom. The molecule has 1 N–H and O–H groups in total. The standard InChI is InChI=1S/C21H19N3O2S2/c1-12-6-7-18-13(8-12)9-19(28-18)20-23-24-21(26-20)27-11-17(25)15-10-22-16-5-3-2-4-14(15)16/h2-5,9-10,12,22H,6-8,11H2,1H3. The first-order valence-corrected chi connectivity index (χ1v) is 11.1. The van der Waals surface area contributed by atoms with Gasteiger partial charge in [-0.1, -0.05) is 36.9 Å². The summed E-state index contributed by atoms with van der Waals surface area (Å²) in [4.78, 5) is 18.2. The van der Waals surface area contributed by atoms with Crippen molar-refractivity contribution in [3.8, 4) is 10.8 Å². The van der Waals surface area contributed by atoms with Crippen molar-refractivity contribution in [1.29, 1.82) is 0 Å². The lowest BCUT2D eigenvalue weighted by atomic mass is 9.90. The molecule has 7 heteroatoms. The van der Waals surface area contributed by atoms with Gasteiger partial charge >= 0.3 is 0 Å². The molecule has 142 valence electrons. The SMILES string of the molecule is CC1CCc2sc(-c3nnc(SCC(=O)c4c[nH]c5ccccc45)o3)cc2C1. The molecule has 0 bridgehead atoms. The lowest BCUT2D eigenvalue weighted by molar-refractivity contribution is 0.102. The minimum Gasteiger partial charge on any atom is -0.410 e. The van der Waals surface area contributed by atoms with Crippen LogP contribution in [0.2, 0.25) is 0 Å². The fraction of sp³-hybridized carbons (Fsp3) is 0.286. The van der Waals surface area contributed by atoms with Crippen LogP contribution in [0.4, 0.5) is 0 Å². The number of hydrogen-bond acceptors (Lipinski definition) is 6. The lowest BCUT2D eigenvalue weighted by Gasteiger charge is -2.16. The maximum Gasteiger partial charge on any atom is 0.277 e. The van der Waals surface area contributed by atoms with E-state index >= 15 is 0 Å². The smallest absolute Gasteiger partial charge is 0.277 e. The minimum absolute atomic E-state index is 0.0442. The van der Waals surface area contributed by atoms with Gasteiger partial charge in [-0.3, -0.25) is 4.79 Å². The Labute approximate surface area is 170 Å². The number of ketones is 1. The Morgan fingerprint density at radius 3 is 3.18 bits per heavy atom. The molecule has 4 aromatic rings. The number of aryl methyl sites for hydroxylation is 1. The molecule has 1 atom stereocenters. The number of aromatic amines is 1. The molecular formula is C21H19N3O2S2. The zero-order valence-corrected chi connectivity index (χ0v) is 17.0. The van der Waals surface area contributed by atoms with E-state index in [0.29, 0.717) is 16.7 Å². The summed E-state index contributed by atoms with van der Waals surface area (Å²) in [5.41, 5.74) is 3.08. The van der Waals surface area contributed by atoms with E-state index in [0.717, 1.165) is 34.5 Å². The van der Waals surface area contributed by atoms with E-state index in [1.54, 1.807) is 17.5 Å². The number of benzene rings is 1. The first kappa shape index (κ1) is 17.7. The van der Waals surface area contributed by atoms with E-state index in [1.165, 1.54) is 28.6 Å². The van der Waals surface area contributed by atoms with Crippen molar-refractivity contribution in [2.24, 2.45) is 5.92 Å². The number of Topliss-reactive ketones (excluding diaryl/α,β-unsaturated/α-hetero) is 1. The number of fused-ring (bicyclic) bond motifs is 2. The number of nitrogens with zero attached hydrogens (tertiary/aromatic N) is 2. The summed E-state index contributed by atoms with van der Waals surface area (Å²) in [6.45, 7) is 2.30. The van der Waals surface area contributed by atoms with Gasteiger partial charge < -0.3 is 9.40 Å². The number of carbonyl (C=O) groups excluding carboxylic acids is 1. The molecule has 0 spiro atoms. The number of nitrogens with one attached hydrogen (secondary N) is 1. The Kier molecular flexibility index (Phi) is 4.56. The number of aromatic nitrogens is 3. The molecule has 5 rings (SSSR count). The average molecular weight is 410 g/mol. The maximum absolute atomic E-state index is 12.6. The van der Waals surface area contributed by atoms with Crippen LogP contribution in [0.5, 0.6) is 0 Å². The third kappa shape index (κ3) is 3.29. The second-order valence-corrected chi connectivity index (χ2v) is 9.30. The fourth-order valence-corrected chi connectivity index (χ4v) is 5.46. The van der Waals surface area contributed by atoms with Crippen LogP contribution in [0.15, 0.2) is 46.2 Å². The minimum atomic E-state index is 0.0442. The molecule has 1 unspecified atom stereocenters. The van der Waals surface area contributed by atoms with Crippen molar-refractivity contribution < 1.29 is 9.21 Å². The van der Waals surface area contributed by atoms with E-state index in [-0.39, 0.29) is 11.5 Å². The van der Waals surface area contributed by atoms with Gasteiger partial charge in [0.2, 0.25) is 0 Å². The van der Waals surface area contributed by atoms with Crippen LogP contribution in [0.1, 0.15) is 34.1 Å². The van der Waals surface area contributed by atoms with Gasteiger partial charge in [0, 0.05) is 27.5 Å². The van der Waals surface area contributed by atoms with E-state index in [9.17, 15) is 4.79 Å². The summed E-state index contributed by atoms with van der Waals surface area (Å²) in [6, 6.07) is 9.99. The van der Waals surface area contributed by atoms with Gasteiger partial charge in [-0.2, -0.15) is 0 Å². The summed E-state index contributed by atoms with van der Waals surface area (Å²) in [5, 5.41) is 9.69. The van der Waals surface area contributed by atoms with Crippen LogP contribution in [0.25, 0.3) is 21.7 Å². The predicted octanol–water partition coefficient (Wildman–Crippen LogP) is 5.38. The zero-order valence-electron chi connectivity index (χ0n) is 15.4. The quantitative estimate of drug-likeness (QED) is 0.354. The number of hydrogen-bond donors (Lipinski definition) is 1. The van der Waals surface area contributed by atoms with Crippen LogP contribution < -0.4 is 0 Å². The maximum atomic E-state index is 12.6. The topological polar surface area (TPSA) is 71.8 Å². The van der Waals surface area contributed by atoms with Crippen LogP contribution in [0.3, 0.4) is 0 Å². The normalized spacial score (nSPS) is 16.4. The molecule has 1 aliphatic rings. The first-order valence-electron chi connectivity index (χ1n) is 9.35. The summed E-state index contributed by atoms with van der Waals surface area (Å²) in [6.07, 6.45) is 5.27. The van der Waals surface area contributed by atoms with Crippen LogP contribution in [0, 0.1) is 5.92 Å². The van der Waals surface area contributed by atoms with Crippen molar-refractivity contribution in [3.63, 3.8) is 0 Å². The van der Waals surface area contributed by atoms with Crippen molar-refractivity contribution in [2.45, 2.75) is 31.4 Å². The van der Waals surface area contributed by atoms with Crippen molar-refractivity contribution in [1.82, 2.24) is 15.2 Å². The van der Waals surface area contributed by atoms with Crippen molar-refractivity contribution in [2.75, 3.05) is 5.75 Å². The summed E-state index contributed by atoms with van der Waals surface area (Å²) < 4.78 is 5.82. The van der Waals surface area contributed by atoms with E-state index in [2.05, 4.69) is 28.2 Å². The Balaban J connectivity index is 1.29. The Morgan fingerprint density at radius 1 is 1.36 bits per heavy atom. The molecule has 3 aromatic heterocycles. The van der Waals surface area contributed by atoms with Crippen molar-refractivity contribution in [3.05, 3.63) is 52.5 Å². The van der Waals surface area contributed by atoms with Crippen LogP contribution in [-0.2, 0) is 12.8 Å². The monoisotopic (exact) mass is 409 g/mol. The van der Waals surface area contributed by atoms with E-state index in [1.807, 2.05) is 24.3 Å². The van der Waals surface area contributed by atoms with Gasteiger partial charge in [-0.25, -0.2) is 0 Å². The lowest BCUT2D eigenvalue weighted by Crippen LogP contribution is -2.07. The molecule has 0 saturated heterocycles. The van der Waals surface area contributed by atoms with Crippen molar-refractivity contribution >= 4 is 39.8 Å². The highest BCUT2D eigenvalue weighted by molar-refractivity contribution is 7.99. The summed E-state index contributed by atoms with van der Waals surface area (Å²) in [7, 11) is 0. The van der Waals surface area contributed by atoms with Gasteiger partial charge in [0.1, 0.15) is 0 Å². The number of rotatable bonds is 5. The molecule has 0 aliphatic heterocycles. The van der Waals surface area contributed by atoms with Gasteiger partial charge in [0.05, 0.1) is 10.6 Å². The molecule has 0 fully saturated rings. The fourth-order valence-electron chi connectivity index (χ4n) is 3.69. The molecule has 0 radical (unpaired) electrons. The largest absolute Gasteiger partial charge is 0.410 e. The van der Waals surface area contributed by atoms with Crippen LogP contribution in [-0.4, -0.2) is 26.7 Å². The summed E-state index contributed by atoms with van der Waals surface area (Å²) in [5.74, 6) is 1.60. The molecule has 0 amide bonds. The number of thioether (sulfide) groups is 1. The number of thiophene rings is 1. The molecular weight excluding hydrogens is 390 g/mol. The molecule has 0 saturated carbocycles. The highest BCUT2D eigenvalue weighted by Crippen LogP contribution is 2.37. The Hall–Kier alpha value is -2.38. The average Bonchev–Trinajstić information content (AvgIpc) is 3.43. The highest BCUT2D eigenvalue weighted by atomic mass is 32.2. The third-order valence-corrected chi connectivity index (χ3v) is 7.21. The zero-order chi connectivity index (χ0) is 19.1. The van der Waals surface area contributed by atoms with Crippen LogP contribution >= 0.6 is 23.1 Å². The van der Waals surface area contributed by atoms with E-state index in [4.69, 9.17) is 4.42 Å². The predicted molar refractivity (Wildman–Crippen MR) is 112 cm³/mol. The molecule has 1 aliphatic carbocycles. The molecule has 5 nitrogen and oxygen atoms in total. The molecule has 28 heavy (non-hydrogen) atoms.